The van der Waals surface area contributed by atoms with Crippen LogP contribution in [0, 0.1) is 0 Å². The van der Waals surface area contributed by atoms with Gasteiger partial charge in [0.05, 0.1) is 17.2 Å². The zero-order valence-electron chi connectivity index (χ0n) is 17.6. The van der Waals surface area contributed by atoms with E-state index < -0.39 is 9.84 Å². The second-order valence-corrected chi connectivity index (χ2v) is 10.1. The quantitative estimate of drug-likeness (QED) is 0.294. The standard InChI is InChI=1S/C20H32N4O3S.HI/c1-5-21-19(24-16-8-11-18(25)23-14-16)22-12-13-28(26,27)17-9-6-15(7-10-17)20(2,3)4;/h6-7,9-10,16H,5,8,11-14H2,1-4H3,(H,23,25)(H2,21,22,24);1H. The maximum Gasteiger partial charge on any atom is 0.220 e. The van der Waals surface area contributed by atoms with Crippen molar-refractivity contribution in [1.29, 1.82) is 0 Å². The molecule has 1 aromatic rings. The van der Waals surface area contributed by atoms with Gasteiger partial charge in [0, 0.05) is 25.6 Å². The highest BCUT2D eigenvalue weighted by Crippen LogP contribution is 2.23. The molecule has 1 aliphatic rings. The Hall–Kier alpha value is -1.36. The van der Waals surface area contributed by atoms with Gasteiger partial charge in [0.25, 0.3) is 0 Å². The summed E-state index contributed by atoms with van der Waals surface area (Å²) in [6.07, 6.45) is 1.21. The Morgan fingerprint density at radius 3 is 2.41 bits per heavy atom. The van der Waals surface area contributed by atoms with Gasteiger partial charge in [-0.3, -0.25) is 9.79 Å². The van der Waals surface area contributed by atoms with E-state index in [2.05, 4.69) is 41.7 Å². The monoisotopic (exact) mass is 536 g/mol. The normalized spacial score (nSPS) is 17.9. The predicted octanol–water partition coefficient (Wildman–Crippen LogP) is 2.21. The van der Waals surface area contributed by atoms with Gasteiger partial charge in [-0.1, -0.05) is 32.9 Å². The van der Waals surface area contributed by atoms with E-state index >= 15 is 0 Å². The number of hydrogen-bond donors (Lipinski definition) is 3. The third-order valence-electron chi connectivity index (χ3n) is 4.66. The molecule has 0 radical (unpaired) electrons. The summed E-state index contributed by atoms with van der Waals surface area (Å²) in [5.41, 5.74) is 1.08. The van der Waals surface area contributed by atoms with Crippen LogP contribution in [0.5, 0.6) is 0 Å². The molecule has 1 amide bonds. The van der Waals surface area contributed by atoms with Crippen molar-refractivity contribution in [3.8, 4) is 0 Å². The number of halogens is 1. The molecule has 0 bridgehead atoms. The van der Waals surface area contributed by atoms with Crippen molar-refractivity contribution in [2.45, 2.75) is 56.9 Å². The second kappa shape index (κ2) is 11.1. The Labute approximate surface area is 191 Å². The van der Waals surface area contributed by atoms with Crippen LogP contribution in [-0.4, -0.2) is 51.7 Å². The molecule has 1 aromatic carbocycles. The number of amides is 1. The van der Waals surface area contributed by atoms with Crippen molar-refractivity contribution in [2.75, 3.05) is 25.4 Å². The Bertz CT molecular complexity index is 792. The zero-order chi connectivity index (χ0) is 20.8. The van der Waals surface area contributed by atoms with Crippen molar-refractivity contribution in [2.24, 2.45) is 4.99 Å². The summed E-state index contributed by atoms with van der Waals surface area (Å²) in [6, 6.07) is 7.19. The van der Waals surface area contributed by atoms with Gasteiger partial charge in [0.15, 0.2) is 15.8 Å². The van der Waals surface area contributed by atoms with Gasteiger partial charge in [0.2, 0.25) is 5.91 Å². The van der Waals surface area contributed by atoms with Crippen LogP contribution in [0.25, 0.3) is 0 Å². The van der Waals surface area contributed by atoms with Crippen molar-refractivity contribution in [3.63, 3.8) is 0 Å². The zero-order valence-corrected chi connectivity index (χ0v) is 20.8. The summed E-state index contributed by atoms with van der Waals surface area (Å²) in [4.78, 5) is 16.0. The molecule has 1 heterocycles. The molecule has 164 valence electrons. The maximum absolute atomic E-state index is 12.6. The summed E-state index contributed by atoms with van der Waals surface area (Å²) in [5, 5.41) is 9.20. The molecule has 29 heavy (non-hydrogen) atoms. The van der Waals surface area contributed by atoms with E-state index in [1.165, 1.54) is 0 Å². The molecule has 2 rings (SSSR count). The van der Waals surface area contributed by atoms with Crippen molar-refractivity contribution >= 4 is 45.7 Å². The summed E-state index contributed by atoms with van der Waals surface area (Å²) in [6.45, 7) is 9.62. The lowest BCUT2D eigenvalue weighted by Gasteiger charge is -2.25. The molecule has 3 N–H and O–H groups in total. The summed E-state index contributed by atoms with van der Waals surface area (Å²) in [7, 11) is -3.39. The fourth-order valence-electron chi connectivity index (χ4n) is 2.93. The fraction of sp³-hybridized carbons (Fsp3) is 0.600. The first-order valence-electron chi connectivity index (χ1n) is 9.76. The first-order chi connectivity index (χ1) is 13.1. The van der Waals surface area contributed by atoms with E-state index in [9.17, 15) is 13.2 Å². The van der Waals surface area contributed by atoms with Crippen LogP contribution in [0.4, 0.5) is 0 Å². The third-order valence-corrected chi connectivity index (χ3v) is 6.37. The molecule has 1 atom stereocenters. The van der Waals surface area contributed by atoms with Crippen LogP contribution in [0.2, 0.25) is 0 Å². The Morgan fingerprint density at radius 1 is 1.24 bits per heavy atom. The number of sulfone groups is 1. The number of piperidine rings is 1. The number of aliphatic imine (C=N–C) groups is 1. The number of nitrogens with one attached hydrogen (secondary N) is 3. The molecule has 1 unspecified atom stereocenters. The fourth-order valence-corrected chi connectivity index (χ4v) is 4.05. The molecule has 1 aliphatic heterocycles. The largest absolute Gasteiger partial charge is 0.357 e. The van der Waals surface area contributed by atoms with E-state index in [1.807, 2.05) is 19.1 Å². The van der Waals surface area contributed by atoms with E-state index in [4.69, 9.17) is 0 Å². The highest BCUT2D eigenvalue weighted by molar-refractivity contribution is 14.0. The van der Waals surface area contributed by atoms with Crippen LogP contribution >= 0.6 is 24.0 Å². The Balaban J connectivity index is 0.00000420. The molecule has 9 heteroatoms. The van der Waals surface area contributed by atoms with E-state index in [-0.39, 0.29) is 53.6 Å². The average molecular weight is 536 g/mol. The van der Waals surface area contributed by atoms with Gasteiger partial charge in [0.1, 0.15) is 0 Å². The minimum absolute atomic E-state index is 0. The topological polar surface area (TPSA) is 99.7 Å². The van der Waals surface area contributed by atoms with Gasteiger partial charge >= 0.3 is 0 Å². The average Bonchev–Trinajstić information content (AvgIpc) is 2.63. The third kappa shape index (κ3) is 8.12. The van der Waals surface area contributed by atoms with Crippen LogP contribution in [0.3, 0.4) is 0 Å². The van der Waals surface area contributed by atoms with Crippen molar-refractivity contribution in [1.82, 2.24) is 16.0 Å². The number of benzene rings is 1. The minimum Gasteiger partial charge on any atom is -0.357 e. The minimum atomic E-state index is -3.39. The lowest BCUT2D eigenvalue weighted by atomic mass is 9.87. The lowest BCUT2D eigenvalue weighted by molar-refractivity contribution is -0.122. The molecule has 0 spiro atoms. The number of nitrogens with zero attached hydrogens (tertiary/aromatic N) is 1. The van der Waals surface area contributed by atoms with E-state index in [0.717, 1.165) is 12.0 Å². The number of guanidine groups is 1. The lowest BCUT2D eigenvalue weighted by Crippen LogP contribution is -2.51. The van der Waals surface area contributed by atoms with Crippen LogP contribution in [0.1, 0.15) is 46.1 Å². The first kappa shape index (κ1) is 25.7. The molecule has 0 aliphatic carbocycles. The highest BCUT2D eigenvalue weighted by atomic mass is 127. The van der Waals surface area contributed by atoms with E-state index in [0.29, 0.717) is 30.4 Å². The first-order valence-corrected chi connectivity index (χ1v) is 11.4. The number of hydrogen-bond acceptors (Lipinski definition) is 4. The predicted molar refractivity (Wildman–Crippen MR) is 128 cm³/mol. The summed E-state index contributed by atoms with van der Waals surface area (Å²) >= 11 is 0. The SMILES string of the molecule is CCNC(=NCCS(=O)(=O)c1ccc(C(C)(C)C)cc1)NC1CCC(=O)NC1.I. The molecule has 0 aromatic heterocycles. The van der Waals surface area contributed by atoms with E-state index in [1.54, 1.807) is 12.1 Å². The van der Waals surface area contributed by atoms with Crippen molar-refractivity contribution in [3.05, 3.63) is 29.8 Å². The highest BCUT2D eigenvalue weighted by Gasteiger charge is 2.20. The molecule has 0 saturated carbocycles. The van der Waals surface area contributed by atoms with Crippen molar-refractivity contribution < 1.29 is 13.2 Å². The second-order valence-electron chi connectivity index (χ2n) is 8.04. The van der Waals surface area contributed by atoms with Gasteiger partial charge in [-0.2, -0.15) is 0 Å². The van der Waals surface area contributed by atoms with Crippen LogP contribution in [0.15, 0.2) is 34.2 Å². The van der Waals surface area contributed by atoms with Gasteiger partial charge in [-0.05, 0) is 36.5 Å². The molecule has 7 nitrogen and oxygen atoms in total. The number of carbonyl (C=O) groups is 1. The Kier molecular flexibility index (Phi) is 9.87. The summed E-state index contributed by atoms with van der Waals surface area (Å²) in [5.74, 6) is 0.574. The maximum atomic E-state index is 12.6. The molecule has 1 saturated heterocycles. The number of carbonyl (C=O) groups excluding carboxylic acids is 1. The van der Waals surface area contributed by atoms with Crippen LogP contribution in [-0.2, 0) is 20.0 Å². The smallest absolute Gasteiger partial charge is 0.220 e. The number of rotatable bonds is 6. The molecular weight excluding hydrogens is 503 g/mol. The summed E-state index contributed by atoms with van der Waals surface area (Å²) < 4.78 is 25.2. The van der Waals surface area contributed by atoms with Gasteiger partial charge in [-0.15, -0.1) is 24.0 Å². The molecule has 1 fully saturated rings. The van der Waals surface area contributed by atoms with Gasteiger partial charge in [-0.25, -0.2) is 8.42 Å². The van der Waals surface area contributed by atoms with Gasteiger partial charge < -0.3 is 16.0 Å². The van der Waals surface area contributed by atoms with Crippen LogP contribution < -0.4 is 16.0 Å². The molecular formula is C20H33IN4O3S. The Morgan fingerprint density at radius 2 is 1.90 bits per heavy atom.